The van der Waals surface area contributed by atoms with E-state index in [1.165, 1.54) is 0 Å². The Morgan fingerprint density at radius 2 is 2.14 bits per heavy atom. The summed E-state index contributed by atoms with van der Waals surface area (Å²) in [7, 11) is 4.09. The molecule has 2 aromatic rings. The van der Waals surface area contributed by atoms with Crippen LogP contribution >= 0.6 is 0 Å². The Hall–Kier alpha value is -2.35. The van der Waals surface area contributed by atoms with Crippen LogP contribution in [0.15, 0.2) is 18.3 Å². The van der Waals surface area contributed by atoms with E-state index >= 15 is 0 Å². The quantitative estimate of drug-likeness (QED) is 0.758. The van der Waals surface area contributed by atoms with Gasteiger partial charge in [-0.2, -0.15) is 0 Å². The number of likely N-dealkylation sites (N-methyl/N-ethyl adjacent to an activating group) is 1. The van der Waals surface area contributed by atoms with Gasteiger partial charge in [0.05, 0.1) is 0 Å². The minimum Gasteiger partial charge on any atom is -0.335 e. The Bertz CT molecular complexity index is 816. The molecule has 0 radical (unpaired) electrons. The fourth-order valence-electron chi connectivity index (χ4n) is 3.89. The van der Waals surface area contributed by atoms with E-state index in [-0.39, 0.29) is 5.91 Å². The lowest BCUT2D eigenvalue weighted by molar-refractivity contribution is 0.0252. The number of piperidine rings is 1. The van der Waals surface area contributed by atoms with E-state index in [1.54, 1.807) is 6.20 Å². The highest BCUT2D eigenvalue weighted by atomic mass is 16.2. The number of amides is 1. The summed E-state index contributed by atoms with van der Waals surface area (Å²) in [4.78, 5) is 21.6. The van der Waals surface area contributed by atoms with Gasteiger partial charge in [-0.15, -0.1) is 5.10 Å². The molecule has 152 valence electrons. The van der Waals surface area contributed by atoms with Crippen molar-refractivity contribution in [3.8, 4) is 0 Å². The highest BCUT2D eigenvalue weighted by Crippen LogP contribution is 2.35. The number of aryl methyl sites for hydroxylation is 2. The van der Waals surface area contributed by atoms with Crippen LogP contribution in [0.1, 0.15) is 55.0 Å². The third-order valence-electron chi connectivity index (χ3n) is 5.69. The number of aromatic nitrogens is 5. The van der Waals surface area contributed by atoms with E-state index in [9.17, 15) is 4.79 Å². The molecular weight excluding hydrogens is 354 g/mol. The van der Waals surface area contributed by atoms with Crippen LogP contribution in [0.2, 0.25) is 0 Å². The fraction of sp³-hybridized carbons (Fsp3) is 0.650. The molecule has 0 N–H and O–H groups in total. The minimum absolute atomic E-state index is 0.0229. The van der Waals surface area contributed by atoms with Crippen molar-refractivity contribution in [3.63, 3.8) is 0 Å². The number of hydrogen-bond donors (Lipinski definition) is 0. The van der Waals surface area contributed by atoms with Gasteiger partial charge in [-0.3, -0.25) is 14.7 Å². The maximum Gasteiger partial charge on any atom is 0.272 e. The molecule has 0 saturated carbocycles. The van der Waals surface area contributed by atoms with Crippen LogP contribution in [-0.2, 0) is 12.1 Å². The first-order valence-electron chi connectivity index (χ1n) is 10.00. The van der Waals surface area contributed by atoms with Crippen LogP contribution in [0.25, 0.3) is 0 Å². The Balaban J connectivity index is 1.91. The number of nitrogens with zero attached hydrogens (tertiary/aromatic N) is 7. The van der Waals surface area contributed by atoms with Gasteiger partial charge in [-0.1, -0.05) is 19.9 Å². The second-order valence-electron chi connectivity index (χ2n) is 8.33. The molecule has 1 unspecified atom stereocenters. The van der Waals surface area contributed by atoms with Crippen molar-refractivity contribution in [2.45, 2.75) is 52.1 Å². The highest BCUT2D eigenvalue weighted by molar-refractivity contribution is 5.93. The fourth-order valence-corrected chi connectivity index (χ4v) is 3.89. The van der Waals surface area contributed by atoms with Crippen LogP contribution in [-0.4, -0.2) is 68.1 Å². The smallest absolute Gasteiger partial charge is 0.272 e. The first-order valence-corrected chi connectivity index (χ1v) is 10.00. The second-order valence-corrected chi connectivity index (χ2v) is 8.33. The van der Waals surface area contributed by atoms with Gasteiger partial charge in [0.25, 0.3) is 5.91 Å². The average molecular weight is 386 g/mol. The van der Waals surface area contributed by atoms with Gasteiger partial charge in [-0.25, -0.2) is 4.68 Å². The van der Waals surface area contributed by atoms with Crippen molar-refractivity contribution < 1.29 is 4.79 Å². The number of pyridine rings is 1. The molecule has 0 aliphatic carbocycles. The molecule has 1 aliphatic heterocycles. The third-order valence-corrected chi connectivity index (χ3v) is 5.69. The molecule has 3 heterocycles. The number of tetrazole rings is 1. The predicted octanol–water partition coefficient (Wildman–Crippen LogP) is 2.12. The van der Waals surface area contributed by atoms with Gasteiger partial charge >= 0.3 is 0 Å². The molecule has 3 rings (SSSR count). The number of likely N-dealkylation sites (tertiary alicyclic amines) is 1. The molecular formula is C20H31N7O. The number of hydrogen-bond acceptors (Lipinski definition) is 6. The van der Waals surface area contributed by atoms with E-state index in [0.717, 1.165) is 43.7 Å². The van der Waals surface area contributed by atoms with Crippen LogP contribution in [0.5, 0.6) is 0 Å². The van der Waals surface area contributed by atoms with E-state index in [0.29, 0.717) is 18.2 Å². The largest absolute Gasteiger partial charge is 0.335 e. The monoisotopic (exact) mass is 385 g/mol. The van der Waals surface area contributed by atoms with Gasteiger partial charge in [0, 0.05) is 25.8 Å². The Morgan fingerprint density at radius 3 is 2.82 bits per heavy atom. The minimum atomic E-state index is -0.406. The zero-order chi connectivity index (χ0) is 20.3. The number of carbonyl (C=O) groups is 1. The average Bonchev–Trinajstić information content (AvgIpc) is 3.15. The number of carbonyl (C=O) groups excluding carboxylic acids is 1. The molecule has 28 heavy (non-hydrogen) atoms. The summed E-state index contributed by atoms with van der Waals surface area (Å²) in [5, 5.41) is 12.6. The van der Waals surface area contributed by atoms with Crippen molar-refractivity contribution in [2.75, 3.05) is 27.2 Å². The summed E-state index contributed by atoms with van der Waals surface area (Å²) in [5.41, 5.74) is 1.02. The molecule has 1 fully saturated rings. The standard InChI is InChI=1S/C20H31N7O/c1-15(2)9-13-27-19(22-23-24-27)20(25(4)5)10-7-12-26(14-20)18(28)17-16(3)8-6-11-21-17/h6,8,11,15H,7,9-10,12-14H2,1-5H3. The Kier molecular flexibility index (Phi) is 6.07. The van der Waals surface area contributed by atoms with Gasteiger partial charge in [0.1, 0.15) is 11.2 Å². The lowest BCUT2D eigenvalue weighted by atomic mass is 9.86. The SMILES string of the molecule is Cc1cccnc1C(=O)N1CCCC(c2nnnn2CCC(C)C)(N(C)C)C1. The first-order chi connectivity index (χ1) is 13.3. The van der Waals surface area contributed by atoms with Crippen LogP contribution < -0.4 is 0 Å². The summed E-state index contributed by atoms with van der Waals surface area (Å²) < 4.78 is 1.92. The summed E-state index contributed by atoms with van der Waals surface area (Å²) in [6.45, 7) is 8.37. The van der Waals surface area contributed by atoms with Crippen molar-refractivity contribution in [2.24, 2.45) is 5.92 Å². The third kappa shape index (κ3) is 3.92. The van der Waals surface area contributed by atoms with E-state index < -0.39 is 5.54 Å². The lowest BCUT2D eigenvalue weighted by Crippen LogP contribution is -2.56. The van der Waals surface area contributed by atoms with E-state index in [1.807, 2.05) is 42.7 Å². The lowest BCUT2D eigenvalue weighted by Gasteiger charge is -2.45. The van der Waals surface area contributed by atoms with Gasteiger partial charge in [-0.05, 0) is 68.3 Å². The summed E-state index contributed by atoms with van der Waals surface area (Å²) in [6, 6.07) is 3.78. The highest BCUT2D eigenvalue weighted by Gasteiger charge is 2.45. The molecule has 0 spiro atoms. The van der Waals surface area contributed by atoms with E-state index in [4.69, 9.17) is 0 Å². The van der Waals surface area contributed by atoms with Crippen molar-refractivity contribution in [1.29, 1.82) is 0 Å². The molecule has 0 aromatic carbocycles. The van der Waals surface area contributed by atoms with Crippen LogP contribution in [0.3, 0.4) is 0 Å². The maximum absolute atomic E-state index is 13.2. The summed E-state index contributed by atoms with van der Waals surface area (Å²) in [5.74, 6) is 1.39. The van der Waals surface area contributed by atoms with Crippen LogP contribution in [0.4, 0.5) is 0 Å². The van der Waals surface area contributed by atoms with Crippen LogP contribution in [0, 0.1) is 12.8 Å². The van der Waals surface area contributed by atoms with Crippen molar-refractivity contribution in [1.82, 2.24) is 35.0 Å². The molecule has 8 heteroatoms. The molecule has 1 atom stereocenters. The molecule has 1 aliphatic rings. The Labute approximate surface area is 166 Å². The summed E-state index contributed by atoms with van der Waals surface area (Å²) in [6.07, 6.45) is 4.49. The summed E-state index contributed by atoms with van der Waals surface area (Å²) >= 11 is 0. The van der Waals surface area contributed by atoms with Crippen molar-refractivity contribution >= 4 is 5.91 Å². The second kappa shape index (κ2) is 8.34. The first kappa shape index (κ1) is 20.4. The van der Waals surface area contributed by atoms with E-state index in [2.05, 4.69) is 39.3 Å². The maximum atomic E-state index is 13.2. The molecule has 2 aromatic heterocycles. The van der Waals surface area contributed by atoms with Gasteiger partial charge < -0.3 is 4.90 Å². The number of rotatable bonds is 6. The van der Waals surface area contributed by atoms with Crippen molar-refractivity contribution in [3.05, 3.63) is 35.4 Å². The molecule has 8 nitrogen and oxygen atoms in total. The predicted molar refractivity (Wildman–Crippen MR) is 107 cm³/mol. The van der Waals surface area contributed by atoms with Gasteiger partial charge in [0.15, 0.2) is 5.82 Å². The Morgan fingerprint density at radius 1 is 1.36 bits per heavy atom. The zero-order valence-electron chi connectivity index (χ0n) is 17.6. The molecule has 1 saturated heterocycles. The topological polar surface area (TPSA) is 80.0 Å². The molecule has 1 amide bonds. The molecule has 0 bridgehead atoms. The normalized spacial score (nSPS) is 20.2. The zero-order valence-corrected chi connectivity index (χ0v) is 17.6. The van der Waals surface area contributed by atoms with Gasteiger partial charge in [0.2, 0.25) is 0 Å².